The third-order valence-electron chi connectivity index (χ3n) is 4.04. The summed E-state index contributed by atoms with van der Waals surface area (Å²) in [5.41, 5.74) is 5.78. The van der Waals surface area contributed by atoms with Gasteiger partial charge in [0.1, 0.15) is 19.5 Å². The lowest BCUT2D eigenvalue weighted by Crippen LogP contribution is -2.20. The van der Waals surface area contributed by atoms with E-state index in [0.717, 1.165) is 0 Å². The first-order chi connectivity index (χ1) is 14.2. The highest BCUT2D eigenvalue weighted by molar-refractivity contribution is 6.32. The predicted molar refractivity (Wildman–Crippen MR) is 109 cm³/mol. The summed E-state index contributed by atoms with van der Waals surface area (Å²) in [5.74, 6) is -4.01. The molecule has 1 aromatic heterocycles. The molecule has 10 heteroatoms. The molecule has 0 bridgehead atoms. The van der Waals surface area contributed by atoms with E-state index in [0.29, 0.717) is 23.2 Å². The van der Waals surface area contributed by atoms with Crippen LogP contribution in [0.25, 0.3) is 0 Å². The quantitative estimate of drug-likeness (QED) is 0.295. The molecule has 0 atom stereocenters. The first-order valence-corrected chi connectivity index (χ1v) is 8.52. The molecule has 0 unspecified atom stereocenters. The Morgan fingerprint density at radius 3 is 2.17 bits per heavy atom. The lowest BCUT2D eigenvalue weighted by molar-refractivity contribution is 0.102. The number of hydrogen-bond donors (Lipinski definition) is 4. The van der Waals surface area contributed by atoms with Crippen LogP contribution in [0, 0.1) is 17.0 Å². The van der Waals surface area contributed by atoms with E-state index in [2.05, 4.69) is 15.6 Å². The van der Waals surface area contributed by atoms with Crippen molar-refractivity contribution in [2.24, 2.45) is 5.73 Å². The van der Waals surface area contributed by atoms with Crippen LogP contribution in [0.3, 0.4) is 0 Å². The Hall–Kier alpha value is -4.08. The second-order valence-corrected chi connectivity index (χ2v) is 6.19. The average Bonchev–Trinajstić information content (AvgIpc) is 2.72. The van der Waals surface area contributed by atoms with Crippen LogP contribution < -0.4 is 21.8 Å². The monoisotopic (exact) mass is 405 g/mol. The molecule has 148 valence electrons. The first kappa shape index (κ1) is 20.7. The van der Waals surface area contributed by atoms with Gasteiger partial charge in [0.25, 0.3) is 11.8 Å². The number of carbonyl (C=O) groups is 2. The topological polar surface area (TPSA) is 121 Å². The molecule has 3 rings (SSSR count). The maximum absolute atomic E-state index is 13.8. The number of amidine groups is 1. The number of nitrogen functional groups attached to an aromatic ring is 1. The van der Waals surface area contributed by atoms with Crippen LogP contribution in [0.15, 0.2) is 54.7 Å². The minimum absolute atomic E-state index is 0.135. The Balaban J connectivity index is 1.87. The van der Waals surface area contributed by atoms with Crippen molar-refractivity contribution in [3.8, 4) is 0 Å². The van der Waals surface area contributed by atoms with Gasteiger partial charge in [-0.05, 0) is 24.3 Å². The summed E-state index contributed by atoms with van der Waals surface area (Å²) in [6.07, 6.45) is 1.31. The van der Waals surface area contributed by atoms with Gasteiger partial charge in [0.15, 0.2) is 11.6 Å². The van der Waals surface area contributed by atoms with Gasteiger partial charge in [-0.1, -0.05) is 23.7 Å². The van der Waals surface area contributed by atoms with E-state index in [-0.39, 0.29) is 28.5 Å². The number of carbonyl (C=O) groups excluding carboxylic acids is 2. The zero-order chi connectivity index (χ0) is 21.8. The van der Waals surface area contributed by atoms with Crippen LogP contribution in [-0.2, 0) is 0 Å². The van der Waals surface area contributed by atoms with E-state index in [4.69, 9.17) is 19.0 Å². The van der Waals surface area contributed by atoms with Crippen molar-refractivity contribution in [1.82, 2.24) is 4.98 Å². The molecule has 5 N–H and O–H groups in total. The molecule has 0 saturated heterocycles. The van der Waals surface area contributed by atoms with Crippen molar-refractivity contribution >= 4 is 42.5 Å². The molecule has 2 amide bonds. The third-order valence-corrected chi connectivity index (χ3v) is 4.04. The number of anilines is 2. The summed E-state index contributed by atoms with van der Waals surface area (Å²) in [7, 11) is 5.53. The zero-order valence-electron chi connectivity index (χ0n) is 15.4. The SMILES string of the molecule is [B]c1ccc(NC(=O)c2cc(F)c(F)cc2NC(=O)c2ccc(C(=N)N)cc2)nc1. The minimum Gasteiger partial charge on any atom is -0.384 e. The average molecular weight is 405 g/mol. The number of nitrogens with two attached hydrogens (primary N) is 1. The van der Waals surface area contributed by atoms with E-state index in [1.165, 1.54) is 42.6 Å². The summed E-state index contributed by atoms with van der Waals surface area (Å²) >= 11 is 0. The van der Waals surface area contributed by atoms with Crippen LogP contribution in [-0.4, -0.2) is 30.5 Å². The number of amides is 2. The number of halogens is 2. The van der Waals surface area contributed by atoms with Crippen molar-refractivity contribution in [1.29, 1.82) is 5.41 Å². The Morgan fingerprint density at radius 1 is 0.933 bits per heavy atom. The molecular weight excluding hydrogens is 391 g/mol. The number of pyridine rings is 1. The largest absolute Gasteiger partial charge is 0.384 e. The second-order valence-electron chi connectivity index (χ2n) is 6.19. The molecule has 2 aromatic carbocycles. The fourth-order valence-corrected chi connectivity index (χ4v) is 2.50. The number of rotatable bonds is 5. The van der Waals surface area contributed by atoms with Gasteiger partial charge in [0.2, 0.25) is 0 Å². The van der Waals surface area contributed by atoms with Gasteiger partial charge in [-0.2, -0.15) is 0 Å². The number of benzene rings is 2. The van der Waals surface area contributed by atoms with Crippen molar-refractivity contribution in [3.05, 3.63) is 83.1 Å². The van der Waals surface area contributed by atoms with Gasteiger partial charge >= 0.3 is 0 Å². The van der Waals surface area contributed by atoms with Gasteiger partial charge < -0.3 is 16.4 Å². The van der Waals surface area contributed by atoms with Crippen molar-refractivity contribution in [3.63, 3.8) is 0 Å². The zero-order valence-corrected chi connectivity index (χ0v) is 15.4. The first-order valence-electron chi connectivity index (χ1n) is 8.52. The molecule has 3 aromatic rings. The van der Waals surface area contributed by atoms with Gasteiger partial charge in [0.05, 0.1) is 11.3 Å². The number of aromatic nitrogens is 1. The Labute approximate surface area is 171 Å². The van der Waals surface area contributed by atoms with Crippen LogP contribution in [0.4, 0.5) is 20.3 Å². The summed E-state index contributed by atoms with van der Waals surface area (Å²) in [6, 6.07) is 10.1. The van der Waals surface area contributed by atoms with Crippen LogP contribution in [0.5, 0.6) is 0 Å². The van der Waals surface area contributed by atoms with Crippen molar-refractivity contribution in [2.45, 2.75) is 0 Å². The Kier molecular flexibility index (Phi) is 5.86. The Morgan fingerprint density at radius 2 is 1.57 bits per heavy atom. The molecule has 0 saturated carbocycles. The summed E-state index contributed by atoms with van der Waals surface area (Å²) in [4.78, 5) is 29.0. The highest BCUT2D eigenvalue weighted by atomic mass is 19.2. The Bertz CT molecular complexity index is 1140. The van der Waals surface area contributed by atoms with Crippen LogP contribution in [0.2, 0.25) is 0 Å². The molecule has 1 heterocycles. The molecular formula is C20H14BF2N5O2. The molecule has 2 radical (unpaired) electrons. The van der Waals surface area contributed by atoms with Crippen LogP contribution >= 0.6 is 0 Å². The lowest BCUT2D eigenvalue weighted by atomic mass is 9.99. The summed E-state index contributed by atoms with van der Waals surface area (Å²) in [6.45, 7) is 0. The number of nitrogens with zero attached hydrogens (tertiary/aromatic N) is 1. The fraction of sp³-hybridized carbons (Fsp3) is 0. The van der Waals surface area contributed by atoms with Gasteiger partial charge in [-0.15, -0.1) is 0 Å². The molecule has 7 nitrogen and oxygen atoms in total. The van der Waals surface area contributed by atoms with E-state index in [1.807, 2.05) is 0 Å². The van der Waals surface area contributed by atoms with E-state index >= 15 is 0 Å². The molecule has 0 fully saturated rings. The molecule has 0 aliphatic carbocycles. The van der Waals surface area contributed by atoms with Crippen molar-refractivity contribution in [2.75, 3.05) is 10.6 Å². The van der Waals surface area contributed by atoms with Crippen LogP contribution in [0.1, 0.15) is 26.3 Å². The van der Waals surface area contributed by atoms with Gasteiger partial charge in [0, 0.05) is 23.4 Å². The standard InChI is InChI=1S/C20H14BF2N5O2/c21-12-5-6-17(26-9-12)28-20(30)13-7-14(22)15(23)8-16(13)27-19(29)11-3-1-10(2-4-11)18(24)25/h1-9H,(H3,24,25)(H,27,29)(H,26,28,30). The van der Waals surface area contributed by atoms with Gasteiger partial charge in [-0.25, -0.2) is 13.8 Å². The maximum atomic E-state index is 13.8. The summed E-state index contributed by atoms with van der Waals surface area (Å²) in [5, 5.41) is 12.2. The molecule has 0 spiro atoms. The summed E-state index contributed by atoms with van der Waals surface area (Å²) < 4.78 is 27.5. The smallest absolute Gasteiger partial charge is 0.259 e. The van der Waals surface area contributed by atoms with Crippen molar-refractivity contribution < 1.29 is 18.4 Å². The highest BCUT2D eigenvalue weighted by Crippen LogP contribution is 2.22. The maximum Gasteiger partial charge on any atom is 0.259 e. The third kappa shape index (κ3) is 4.66. The van der Waals surface area contributed by atoms with E-state index in [9.17, 15) is 18.4 Å². The second kappa shape index (κ2) is 8.52. The van der Waals surface area contributed by atoms with E-state index < -0.39 is 23.4 Å². The minimum atomic E-state index is -1.26. The molecule has 0 aliphatic heterocycles. The van der Waals surface area contributed by atoms with Gasteiger partial charge in [-0.3, -0.25) is 15.0 Å². The molecule has 0 aliphatic rings. The fourth-order valence-electron chi connectivity index (χ4n) is 2.50. The highest BCUT2D eigenvalue weighted by Gasteiger charge is 2.19. The number of hydrogen-bond acceptors (Lipinski definition) is 4. The molecule has 30 heavy (non-hydrogen) atoms. The number of nitrogens with one attached hydrogen (secondary N) is 3. The normalized spacial score (nSPS) is 10.3. The van der Waals surface area contributed by atoms with E-state index in [1.54, 1.807) is 0 Å². The predicted octanol–water partition coefficient (Wildman–Crippen LogP) is 1.94. The lowest BCUT2D eigenvalue weighted by Gasteiger charge is -2.12.